The van der Waals surface area contributed by atoms with Crippen molar-refractivity contribution in [1.29, 1.82) is 0 Å². The first-order chi connectivity index (χ1) is 9.02. The molecule has 3 atom stereocenters. The molecule has 5 heteroatoms. The smallest absolute Gasteiger partial charge is 0.0487 e. The van der Waals surface area contributed by atoms with E-state index in [9.17, 15) is 0 Å². The van der Waals surface area contributed by atoms with Crippen LogP contribution in [-0.2, 0) is 0 Å². The Labute approximate surface area is 124 Å². The molecule has 0 spiro atoms. The fourth-order valence-corrected chi connectivity index (χ4v) is 3.19. The second-order valence-corrected chi connectivity index (χ2v) is 6.42. The van der Waals surface area contributed by atoms with Gasteiger partial charge in [0.15, 0.2) is 0 Å². The second kappa shape index (κ2) is 6.31. The molecule has 106 valence electrons. The Hall–Kier alpha value is -0.490. The molecule has 0 saturated carbocycles. The summed E-state index contributed by atoms with van der Waals surface area (Å²) < 4.78 is 1.01. The van der Waals surface area contributed by atoms with E-state index in [0.29, 0.717) is 18.6 Å². The molecule has 1 aromatic rings. The van der Waals surface area contributed by atoms with Gasteiger partial charge in [0.25, 0.3) is 0 Å². The Morgan fingerprint density at radius 1 is 1.37 bits per heavy atom. The second-order valence-electron chi connectivity index (χ2n) is 5.51. The summed E-state index contributed by atoms with van der Waals surface area (Å²) in [7, 11) is 2.20. The molecular formula is C14H23BrN4. The van der Waals surface area contributed by atoms with E-state index in [1.807, 2.05) is 12.4 Å². The summed E-state index contributed by atoms with van der Waals surface area (Å²) in [5, 5.41) is 0. The number of likely N-dealkylation sites (N-methyl/N-ethyl adjacent to an activating group) is 1. The van der Waals surface area contributed by atoms with Crippen LogP contribution in [0.2, 0.25) is 0 Å². The molecule has 1 fully saturated rings. The van der Waals surface area contributed by atoms with E-state index >= 15 is 0 Å². The largest absolute Gasteiger partial charge is 0.329 e. The minimum absolute atomic E-state index is 0.253. The van der Waals surface area contributed by atoms with Gasteiger partial charge in [0.1, 0.15) is 0 Å². The fourth-order valence-electron chi connectivity index (χ4n) is 2.81. The van der Waals surface area contributed by atoms with Crippen LogP contribution in [0.25, 0.3) is 0 Å². The van der Waals surface area contributed by atoms with Crippen molar-refractivity contribution in [1.82, 2.24) is 14.8 Å². The lowest BCUT2D eigenvalue weighted by atomic mass is 10.0. The van der Waals surface area contributed by atoms with Crippen LogP contribution in [0.3, 0.4) is 0 Å². The molecule has 1 aliphatic heterocycles. The molecular weight excluding hydrogens is 304 g/mol. The number of pyridine rings is 1. The van der Waals surface area contributed by atoms with Crippen molar-refractivity contribution in [2.45, 2.75) is 32.0 Å². The standard InChI is InChI=1S/C14H23BrN4/c1-10-8-19(9-11(2)18(10)3)14(5-16)12-4-13(15)7-17-6-12/h4,6-7,10-11,14H,5,8-9,16H2,1-3H3. The molecule has 0 radical (unpaired) electrons. The highest BCUT2D eigenvalue weighted by Gasteiger charge is 2.31. The lowest BCUT2D eigenvalue weighted by Gasteiger charge is -2.45. The van der Waals surface area contributed by atoms with Crippen LogP contribution >= 0.6 is 15.9 Å². The average Bonchev–Trinajstić information content (AvgIpc) is 2.37. The van der Waals surface area contributed by atoms with Crippen molar-refractivity contribution < 1.29 is 0 Å². The van der Waals surface area contributed by atoms with E-state index in [-0.39, 0.29) is 6.04 Å². The Kier molecular flexibility index (Phi) is 4.95. The molecule has 19 heavy (non-hydrogen) atoms. The number of hydrogen-bond donors (Lipinski definition) is 1. The molecule has 2 rings (SSSR count). The highest BCUT2D eigenvalue weighted by atomic mass is 79.9. The van der Waals surface area contributed by atoms with Gasteiger partial charge in [-0.1, -0.05) is 0 Å². The third-order valence-corrected chi connectivity index (χ3v) is 4.60. The third-order valence-electron chi connectivity index (χ3n) is 4.16. The number of rotatable bonds is 3. The van der Waals surface area contributed by atoms with Gasteiger partial charge in [-0.05, 0) is 48.5 Å². The van der Waals surface area contributed by atoms with Gasteiger partial charge >= 0.3 is 0 Å². The van der Waals surface area contributed by atoms with E-state index in [4.69, 9.17) is 5.73 Å². The highest BCUT2D eigenvalue weighted by molar-refractivity contribution is 9.10. The average molecular weight is 327 g/mol. The van der Waals surface area contributed by atoms with Crippen LogP contribution in [-0.4, -0.2) is 53.5 Å². The predicted octanol–water partition coefficient (Wildman–Crippen LogP) is 1.87. The maximum atomic E-state index is 6.01. The van der Waals surface area contributed by atoms with Crippen LogP contribution in [0.1, 0.15) is 25.5 Å². The molecule has 4 nitrogen and oxygen atoms in total. The van der Waals surface area contributed by atoms with Gasteiger partial charge < -0.3 is 5.73 Å². The fraction of sp³-hybridized carbons (Fsp3) is 0.643. The van der Waals surface area contributed by atoms with Crippen molar-refractivity contribution in [3.05, 3.63) is 28.5 Å². The molecule has 3 unspecified atom stereocenters. The van der Waals surface area contributed by atoms with Crippen LogP contribution < -0.4 is 5.73 Å². The summed E-state index contributed by atoms with van der Waals surface area (Å²) in [6.07, 6.45) is 3.74. The quantitative estimate of drug-likeness (QED) is 0.921. The van der Waals surface area contributed by atoms with Crippen LogP contribution in [0.4, 0.5) is 0 Å². The van der Waals surface area contributed by atoms with E-state index in [1.54, 1.807) is 0 Å². The monoisotopic (exact) mass is 326 g/mol. The van der Waals surface area contributed by atoms with Crippen molar-refractivity contribution in [3.8, 4) is 0 Å². The van der Waals surface area contributed by atoms with Gasteiger partial charge in [0.2, 0.25) is 0 Å². The third kappa shape index (κ3) is 3.34. The van der Waals surface area contributed by atoms with E-state index in [2.05, 4.69) is 57.7 Å². The first-order valence-electron chi connectivity index (χ1n) is 6.79. The zero-order valence-electron chi connectivity index (χ0n) is 11.9. The summed E-state index contributed by atoms with van der Waals surface area (Å²) >= 11 is 3.49. The van der Waals surface area contributed by atoms with E-state index in [0.717, 1.165) is 17.6 Å². The number of hydrogen-bond acceptors (Lipinski definition) is 4. The van der Waals surface area contributed by atoms with Gasteiger partial charge in [0, 0.05) is 54.6 Å². The lowest BCUT2D eigenvalue weighted by Crippen LogP contribution is -2.56. The SMILES string of the molecule is CC1CN(C(CN)c2cncc(Br)c2)CC(C)N1C. The van der Waals surface area contributed by atoms with Gasteiger partial charge in [-0.15, -0.1) is 0 Å². The molecule has 0 aliphatic carbocycles. The van der Waals surface area contributed by atoms with Gasteiger partial charge in [-0.3, -0.25) is 14.8 Å². The zero-order valence-corrected chi connectivity index (χ0v) is 13.5. The summed E-state index contributed by atoms with van der Waals surface area (Å²) in [5.74, 6) is 0. The number of piperazine rings is 1. The molecule has 0 amide bonds. The normalized spacial score (nSPS) is 27.4. The van der Waals surface area contributed by atoms with Gasteiger partial charge in [0.05, 0.1) is 0 Å². The lowest BCUT2D eigenvalue weighted by molar-refractivity contribution is 0.0351. The van der Waals surface area contributed by atoms with Crippen molar-refractivity contribution in [2.75, 3.05) is 26.7 Å². The van der Waals surface area contributed by atoms with Gasteiger partial charge in [-0.2, -0.15) is 0 Å². The maximum Gasteiger partial charge on any atom is 0.0487 e. The van der Waals surface area contributed by atoms with Crippen LogP contribution in [0, 0.1) is 0 Å². The Bertz CT molecular complexity index is 414. The minimum Gasteiger partial charge on any atom is -0.329 e. The zero-order chi connectivity index (χ0) is 14.0. The number of nitrogens with two attached hydrogens (primary N) is 1. The molecule has 0 aromatic carbocycles. The highest BCUT2D eigenvalue weighted by Crippen LogP contribution is 2.26. The summed E-state index contributed by atoms with van der Waals surface area (Å²) in [6.45, 7) is 7.27. The summed E-state index contributed by atoms with van der Waals surface area (Å²) in [6, 6.07) is 3.48. The number of halogens is 1. The summed E-state index contributed by atoms with van der Waals surface area (Å²) in [4.78, 5) is 9.18. The first kappa shape index (κ1) is 14.9. The van der Waals surface area contributed by atoms with Crippen molar-refractivity contribution in [2.24, 2.45) is 5.73 Å². The Balaban J connectivity index is 2.18. The Morgan fingerprint density at radius 3 is 2.53 bits per heavy atom. The number of aromatic nitrogens is 1. The minimum atomic E-state index is 0.253. The van der Waals surface area contributed by atoms with Crippen LogP contribution in [0.15, 0.2) is 22.9 Å². The van der Waals surface area contributed by atoms with Gasteiger partial charge in [-0.25, -0.2) is 0 Å². The summed E-state index contributed by atoms with van der Waals surface area (Å²) in [5.41, 5.74) is 7.21. The first-order valence-corrected chi connectivity index (χ1v) is 7.58. The molecule has 0 bridgehead atoms. The number of nitrogens with zero attached hydrogens (tertiary/aromatic N) is 3. The molecule has 1 aliphatic rings. The van der Waals surface area contributed by atoms with Crippen molar-refractivity contribution in [3.63, 3.8) is 0 Å². The Morgan fingerprint density at radius 2 is 2.00 bits per heavy atom. The van der Waals surface area contributed by atoms with E-state index < -0.39 is 0 Å². The molecule has 2 heterocycles. The molecule has 1 aromatic heterocycles. The predicted molar refractivity (Wildman–Crippen MR) is 82.0 cm³/mol. The topological polar surface area (TPSA) is 45.4 Å². The van der Waals surface area contributed by atoms with E-state index in [1.165, 1.54) is 5.56 Å². The van der Waals surface area contributed by atoms with Crippen LogP contribution in [0.5, 0.6) is 0 Å². The maximum absolute atomic E-state index is 6.01. The molecule has 2 N–H and O–H groups in total. The molecule has 1 saturated heterocycles. The van der Waals surface area contributed by atoms with Crippen molar-refractivity contribution >= 4 is 15.9 Å².